The van der Waals surface area contributed by atoms with Crippen LogP contribution in [0, 0.1) is 17.3 Å². The number of likely N-dealkylation sites (tertiary alicyclic amines) is 1. The number of fused-ring (bicyclic) bond motifs is 1. The van der Waals surface area contributed by atoms with Crippen molar-refractivity contribution in [2.24, 2.45) is 17.3 Å². The Bertz CT molecular complexity index is 254. The molecule has 0 N–H and O–H groups in total. The highest BCUT2D eigenvalue weighted by atomic mass is 15.2. The van der Waals surface area contributed by atoms with E-state index in [1.165, 1.54) is 25.0 Å². The molecule has 2 aliphatic rings. The Balaban J connectivity index is 2.28. The van der Waals surface area contributed by atoms with Gasteiger partial charge in [-0.1, -0.05) is 27.4 Å². The minimum absolute atomic E-state index is 0.327. The van der Waals surface area contributed by atoms with Crippen molar-refractivity contribution in [2.45, 2.75) is 46.1 Å². The fourth-order valence-electron chi connectivity index (χ4n) is 3.47. The molecule has 1 aliphatic heterocycles. The highest BCUT2D eigenvalue weighted by Gasteiger charge is 2.49. The second kappa shape index (κ2) is 3.01. The Morgan fingerprint density at radius 2 is 2.00 bits per heavy atom. The molecule has 1 saturated carbocycles. The molecule has 1 saturated heterocycles. The molecule has 0 bridgehead atoms. The summed E-state index contributed by atoms with van der Waals surface area (Å²) in [6.45, 7) is 11.4. The van der Waals surface area contributed by atoms with Gasteiger partial charge in [-0.15, -0.1) is 0 Å². The van der Waals surface area contributed by atoms with Gasteiger partial charge in [0, 0.05) is 24.2 Å². The summed E-state index contributed by atoms with van der Waals surface area (Å²) in [5, 5.41) is 0. The molecule has 0 aromatic rings. The zero-order valence-electron chi connectivity index (χ0n) is 10.0. The van der Waals surface area contributed by atoms with Crippen LogP contribution in [0.3, 0.4) is 0 Å². The average Bonchev–Trinajstić information content (AvgIpc) is 2.29. The van der Waals surface area contributed by atoms with E-state index in [4.69, 9.17) is 0 Å². The molecule has 0 aromatic heterocycles. The van der Waals surface area contributed by atoms with E-state index < -0.39 is 0 Å². The first kappa shape index (κ1) is 10.1. The van der Waals surface area contributed by atoms with Gasteiger partial charge >= 0.3 is 0 Å². The van der Waals surface area contributed by atoms with Crippen molar-refractivity contribution < 1.29 is 0 Å². The molecule has 3 unspecified atom stereocenters. The molecule has 2 rings (SSSR count). The van der Waals surface area contributed by atoms with Gasteiger partial charge in [0.25, 0.3) is 0 Å². The van der Waals surface area contributed by atoms with E-state index >= 15 is 0 Å². The lowest BCUT2D eigenvalue weighted by Crippen LogP contribution is -2.35. The van der Waals surface area contributed by atoms with Crippen molar-refractivity contribution in [3.05, 3.63) is 12.3 Å². The summed E-state index contributed by atoms with van der Waals surface area (Å²) in [6, 6.07) is 0.772. The van der Waals surface area contributed by atoms with Crippen LogP contribution in [0.5, 0.6) is 0 Å². The lowest BCUT2D eigenvalue weighted by Gasteiger charge is -2.36. The normalized spacial score (nSPS) is 41.3. The molecular formula is C13H23N. The predicted octanol–water partition coefficient (Wildman–Crippen LogP) is 3.28. The summed E-state index contributed by atoms with van der Waals surface area (Å²) in [4.78, 5) is 2.44. The predicted molar refractivity (Wildman–Crippen MR) is 61.0 cm³/mol. The van der Waals surface area contributed by atoms with Gasteiger partial charge in [0.2, 0.25) is 0 Å². The van der Waals surface area contributed by atoms with E-state index in [0.29, 0.717) is 5.41 Å². The average molecular weight is 193 g/mol. The lowest BCUT2D eigenvalue weighted by atomic mass is 9.68. The fourth-order valence-corrected chi connectivity index (χ4v) is 3.47. The molecule has 1 heterocycles. The maximum absolute atomic E-state index is 4.26. The van der Waals surface area contributed by atoms with E-state index in [9.17, 15) is 0 Å². The standard InChI is InChI=1S/C13H23N/c1-9-6-7-12-11(8-9)13(3,4)10(2)14(12)5/h9,11-12H,2,6-8H2,1,3-5H3. The quantitative estimate of drug-likeness (QED) is 0.570. The minimum atomic E-state index is 0.327. The van der Waals surface area contributed by atoms with Gasteiger partial charge in [0.05, 0.1) is 0 Å². The van der Waals surface area contributed by atoms with Crippen LogP contribution in [0.2, 0.25) is 0 Å². The van der Waals surface area contributed by atoms with Crippen LogP contribution in [-0.4, -0.2) is 18.0 Å². The Hall–Kier alpha value is -0.460. The van der Waals surface area contributed by atoms with Gasteiger partial charge in [-0.3, -0.25) is 0 Å². The van der Waals surface area contributed by atoms with E-state index in [2.05, 4.69) is 39.3 Å². The summed E-state index contributed by atoms with van der Waals surface area (Å²) in [5.74, 6) is 1.75. The number of hydrogen-bond donors (Lipinski definition) is 0. The number of hydrogen-bond acceptors (Lipinski definition) is 1. The Morgan fingerprint density at radius 3 is 2.64 bits per heavy atom. The highest BCUT2D eigenvalue weighted by Crippen LogP contribution is 2.52. The number of allylic oxidation sites excluding steroid dienone is 1. The molecule has 1 aliphatic carbocycles. The molecule has 0 radical (unpaired) electrons. The third-order valence-corrected chi connectivity index (χ3v) is 4.67. The summed E-state index contributed by atoms with van der Waals surface area (Å²) in [6.07, 6.45) is 4.15. The Kier molecular flexibility index (Phi) is 2.17. The van der Waals surface area contributed by atoms with Crippen molar-refractivity contribution in [1.29, 1.82) is 0 Å². The summed E-state index contributed by atoms with van der Waals surface area (Å²) in [7, 11) is 2.23. The lowest BCUT2D eigenvalue weighted by molar-refractivity contribution is 0.148. The van der Waals surface area contributed by atoms with E-state index in [1.807, 2.05) is 0 Å². The van der Waals surface area contributed by atoms with Gasteiger partial charge in [-0.2, -0.15) is 0 Å². The van der Waals surface area contributed by atoms with Gasteiger partial charge in [0.1, 0.15) is 0 Å². The van der Waals surface area contributed by atoms with Crippen LogP contribution in [0.4, 0.5) is 0 Å². The SMILES string of the molecule is C=C1N(C)C2CCC(C)CC2C1(C)C. The zero-order valence-corrected chi connectivity index (χ0v) is 10.0. The van der Waals surface area contributed by atoms with Gasteiger partial charge in [-0.25, -0.2) is 0 Å². The van der Waals surface area contributed by atoms with Crippen LogP contribution < -0.4 is 0 Å². The largest absolute Gasteiger partial charge is 0.375 e. The summed E-state index contributed by atoms with van der Waals surface area (Å²) in [5.41, 5.74) is 1.68. The second-order valence-corrected chi connectivity index (χ2v) is 5.87. The molecule has 0 aromatic carbocycles. The van der Waals surface area contributed by atoms with Crippen molar-refractivity contribution in [3.63, 3.8) is 0 Å². The number of rotatable bonds is 0. The third kappa shape index (κ3) is 1.21. The Labute approximate surface area is 88.2 Å². The Morgan fingerprint density at radius 1 is 1.36 bits per heavy atom. The zero-order chi connectivity index (χ0) is 10.5. The molecule has 0 spiro atoms. The van der Waals surface area contributed by atoms with Crippen LogP contribution >= 0.6 is 0 Å². The second-order valence-electron chi connectivity index (χ2n) is 5.87. The monoisotopic (exact) mass is 193 g/mol. The van der Waals surface area contributed by atoms with Gasteiger partial charge < -0.3 is 4.90 Å². The third-order valence-electron chi connectivity index (χ3n) is 4.67. The molecule has 1 heteroatoms. The maximum atomic E-state index is 4.26. The molecule has 14 heavy (non-hydrogen) atoms. The molecule has 1 nitrogen and oxygen atoms in total. The topological polar surface area (TPSA) is 3.24 Å². The number of nitrogens with zero attached hydrogens (tertiary/aromatic N) is 1. The first-order valence-corrected chi connectivity index (χ1v) is 5.86. The fraction of sp³-hybridized carbons (Fsp3) is 0.846. The molecule has 2 fully saturated rings. The van der Waals surface area contributed by atoms with Crippen LogP contribution in [0.15, 0.2) is 12.3 Å². The first-order chi connectivity index (χ1) is 6.44. The van der Waals surface area contributed by atoms with Crippen molar-refractivity contribution in [1.82, 2.24) is 4.90 Å². The van der Waals surface area contributed by atoms with E-state index in [0.717, 1.165) is 17.9 Å². The summed E-state index contributed by atoms with van der Waals surface area (Å²) < 4.78 is 0. The smallest absolute Gasteiger partial charge is 0.0320 e. The molecule has 80 valence electrons. The van der Waals surface area contributed by atoms with Crippen molar-refractivity contribution in [2.75, 3.05) is 7.05 Å². The maximum Gasteiger partial charge on any atom is 0.0320 e. The molecule has 3 atom stereocenters. The van der Waals surface area contributed by atoms with Gasteiger partial charge in [0.15, 0.2) is 0 Å². The first-order valence-electron chi connectivity index (χ1n) is 5.86. The van der Waals surface area contributed by atoms with Crippen molar-refractivity contribution >= 4 is 0 Å². The summed E-state index contributed by atoms with van der Waals surface area (Å²) >= 11 is 0. The van der Waals surface area contributed by atoms with E-state index in [-0.39, 0.29) is 0 Å². The van der Waals surface area contributed by atoms with Gasteiger partial charge in [-0.05, 0) is 31.1 Å². The van der Waals surface area contributed by atoms with Crippen LogP contribution in [-0.2, 0) is 0 Å². The minimum Gasteiger partial charge on any atom is -0.375 e. The highest BCUT2D eigenvalue weighted by molar-refractivity contribution is 5.19. The van der Waals surface area contributed by atoms with Crippen LogP contribution in [0.1, 0.15) is 40.0 Å². The molecular weight excluding hydrogens is 170 g/mol. The van der Waals surface area contributed by atoms with E-state index in [1.54, 1.807) is 0 Å². The van der Waals surface area contributed by atoms with Crippen molar-refractivity contribution in [3.8, 4) is 0 Å². The van der Waals surface area contributed by atoms with Crippen LogP contribution in [0.25, 0.3) is 0 Å². The molecule has 0 amide bonds.